The molecule has 2 saturated heterocycles. The van der Waals surface area contributed by atoms with Gasteiger partial charge in [-0.3, -0.25) is 4.57 Å². The fourth-order valence-corrected chi connectivity index (χ4v) is 3.83. The lowest BCUT2D eigenvalue weighted by atomic mass is 10.1. The van der Waals surface area contributed by atoms with E-state index in [1.807, 2.05) is 24.3 Å². The number of benzene rings is 1. The number of rotatable bonds is 4. The normalized spacial score (nSPS) is 21.4. The SMILES string of the molecule is Clc1ccccc1-c1nnc(N2CCCC2)n1CC1CCCCO1. The Labute approximate surface area is 147 Å². The van der Waals surface area contributed by atoms with Gasteiger partial charge in [-0.15, -0.1) is 10.2 Å². The molecule has 2 aromatic rings. The molecule has 0 radical (unpaired) electrons. The van der Waals surface area contributed by atoms with Crippen LogP contribution in [0.25, 0.3) is 11.4 Å². The van der Waals surface area contributed by atoms with Crippen LogP contribution in [0, 0.1) is 0 Å². The number of nitrogens with zero attached hydrogens (tertiary/aromatic N) is 4. The number of ether oxygens (including phenoxy) is 1. The molecular weight excluding hydrogens is 324 g/mol. The Morgan fingerprint density at radius 2 is 1.92 bits per heavy atom. The molecule has 1 aromatic heterocycles. The molecule has 0 saturated carbocycles. The minimum Gasteiger partial charge on any atom is -0.376 e. The van der Waals surface area contributed by atoms with E-state index in [1.165, 1.54) is 19.3 Å². The Hall–Kier alpha value is -1.59. The van der Waals surface area contributed by atoms with Crippen molar-refractivity contribution in [3.05, 3.63) is 29.3 Å². The second-order valence-electron chi connectivity index (χ2n) is 6.60. The van der Waals surface area contributed by atoms with Crippen LogP contribution in [0.4, 0.5) is 5.95 Å². The van der Waals surface area contributed by atoms with Gasteiger partial charge in [0.05, 0.1) is 17.7 Å². The Morgan fingerprint density at radius 3 is 2.67 bits per heavy atom. The van der Waals surface area contributed by atoms with E-state index in [9.17, 15) is 0 Å². The summed E-state index contributed by atoms with van der Waals surface area (Å²) in [6, 6.07) is 7.85. The van der Waals surface area contributed by atoms with Crippen LogP contribution in [0.5, 0.6) is 0 Å². The highest BCUT2D eigenvalue weighted by molar-refractivity contribution is 6.33. The third-order valence-electron chi connectivity index (χ3n) is 4.90. The molecule has 3 heterocycles. The highest BCUT2D eigenvalue weighted by atomic mass is 35.5. The van der Waals surface area contributed by atoms with E-state index in [4.69, 9.17) is 16.3 Å². The lowest BCUT2D eigenvalue weighted by Crippen LogP contribution is -2.28. The van der Waals surface area contributed by atoms with Crippen molar-refractivity contribution in [3.63, 3.8) is 0 Å². The second kappa shape index (κ2) is 7.11. The second-order valence-corrected chi connectivity index (χ2v) is 7.00. The zero-order valence-electron chi connectivity index (χ0n) is 13.8. The Morgan fingerprint density at radius 1 is 1.08 bits per heavy atom. The average molecular weight is 347 g/mol. The smallest absolute Gasteiger partial charge is 0.227 e. The molecule has 0 spiro atoms. The monoisotopic (exact) mass is 346 g/mol. The Kier molecular flexibility index (Phi) is 4.72. The van der Waals surface area contributed by atoms with Gasteiger partial charge in [-0.25, -0.2) is 0 Å². The first-order chi connectivity index (χ1) is 11.8. The van der Waals surface area contributed by atoms with Gasteiger partial charge in [0.1, 0.15) is 0 Å². The molecule has 24 heavy (non-hydrogen) atoms. The molecule has 0 N–H and O–H groups in total. The summed E-state index contributed by atoms with van der Waals surface area (Å²) >= 11 is 6.42. The molecule has 0 bridgehead atoms. The number of hydrogen-bond donors (Lipinski definition) is 0. The summed E-state index contributed by atoms with van der Waals surface area (Å²) in [6.45, 7) is 3.74. The van der Waals surface area contributed by atoms with Crippen molar-refractivity contribution in [3.8, 4) is 11.4 Å². The molecule has 1 atom stereocenters. The molecule has 2 fully saturated rings. The first-order valence-corrected chi connectivity index (χ1v) is 9.25. The van der Waals surface area contributed by atoms with Gasteiger partial charge in [0.2, 0.25) is 5.95 Å². The van der Waals surface area contributed by atoms with Crippen LogP contribution in [0.2, 0.25) is 5.02 Å². The van der Waals surface area contributed by atoms with Gasteiger partial charge in [0, 0.05) is 25.3 Å². The molecule has 1 aromatic carbocycles. The predicted molar refractivity (Wildman–Crippen MR) is 95.5 cm³/mol. The number of aromatic nitrogens is 3. The van der Waals surface area contributed by atoms with Crippen LogP contribution in [0.3, 0.4) is 0 Å². The van der Waals surface area contributed by atoms with Crippen molar-refractivity contribution in [1.29, 1.82) is 0 Å². The first kappa shape index (κ1) is 15.9. The van der Waals surface area contributed by atoms with Crippen molar-refractivity contribution >= 4 is 17.5 Å². The highest BCUT2D eigenvalue weighted by Gasteiger charge is 2.25. The quantitative estimate of drug-likeness (QED) is 0.845. The maximum absolute atomic E-state index is 6.42. The third kappa shape index (κ3) is 3.15. The Balaban J connectivity index is 1.71. The molecule has 0 amide bonds. The molecule has 2 aliphatic heterocycles. The summed E-state index contributed by atoms with van der Waals surface area (Å²) in [7, 11) is 0. The van der Waals surface area contributed by atoms with Crippen molar-refractivity contribution in [1.82, 2.24) is 14.8 Å². The molecule has 0 aliphatic carbocycles. The number of halogens is 1. The zero-order valence-corrected chi connectivity index (χ0v) is 14.6. The van der Waals surface area contributed by atoms with Crippen LogP contribution in [0.1, 0.15) is 32.1 Å². The topological polar surface area (TPSA) is 43.2 Å². The molecule has 6 heteroatoms. The maximum atomic E-state index is 6.42. The summed E-state index contributed by atoms with van der Waals surface area (Å²) in [6.07, 6.45) is 6.15. The molecule has 1 unspecified atom stereocenters. The predicted octanol–water partition coefficient (Wildman–Crippen LogP) is 3.77. The van der Waals surface area contributed by atoms with E-state index >= 15 is 0 Å². The first-order valence-electron chi connectivity index (χ1n) is 8.87. The summed E-state index contributed by atoms with van der Waals surface area (Å²) in [4.78, 5) is 2.33. The highest BCUT2D eigenvalue weighted by Crippen LogP contribution is 2.31. The van der Waals surface area contributed by atoms with Crippen molar-refractivity contribution in [2.45, 2.75) is 44.8 Å². The minimum atomic E-state index is 0.234. The van der Waals surface area contributed by atoms with Crippen LogP contribution in [-0.2, 0) is 11.3 Å². The van der Waals surface area contributed by atoms with Gasteiger partial charge >= 0.3 is 0 Å². The summed E-state index contributed by atoms with van der Waals surface area (Å²) in [5.74, 6) is 1.80. The molecule has 4 rings (SSSR count). The maximum Gasteiger partial charge on any atom is 0.227 e. The van der Waals surface area contributed by atoms with Gasteiger partial charge in [-0.05, 0) is 44.2 Å². The van der Waals surface area contributed by atoms with Crippen LogP contribution in [-0.4, -0.2) is 40.6 Å². The fraction of sp³-hybridized carbons (Fsp3) is 0.556. The van der Waals surface area contributed by atoms with E-state index in [0.717, 1.165) is 56.4 Å². The summed E-state index contributed by atoms with van der Waals surface area (Å²) in [5, 5.41) is 9.71. The van der Waals surface area contributed by atoms with Crippen molar-refractivity contribution in [2.24, 2.45) is 0 Å². The minimum absolute atomic E-state index is 0.234. The van der Waals surface area contributed by atoms with Crippen LogP contribution in [0.15, 0.2) is 24.3 Å². The van der Waals surface area contributed by atoms with Gasteiger partial charge in [-0.1, -0.05) is 23.7 Å². The zero-order chi connectivity index (χ0) is 16.4. The van der Waals surface area contributed by atoms with Crippen molar-refractivity contribution in [2.75, 3.05) is 24.6 Å². The van der Waals surface area contributed by atoms with E-state index in [0.29, 0.717) is 5.02 Å². The lowest BCUT2D eigenvalue weighted by molar-refractivity contribution is 0.00639. The number of hydrogen-bond acceptors (Lipinski definition) is 4. The van der Waals surface area contributed by atoms with Crippen LogP contribution >= 0.6 is 11.6 Å². The van der Waals surface area contributed by atoms with Gasteiger partial charge in [0.15, 0.2) is 5.82 Å². The lowest BCUT2D eigenvalue weighted by Gasteiger charge is -2.26. The molecule has 5 nitrogen and oxygen atoms in total. The molecular formula is C18H23ClN4O. The van der Waals surface area contributed by atoms with E-state index in [-0.39, 0.29) is 6.10 Å². The Bertz CT molecular complexity index is 690. The average Bonchev–Trinajstić information content (AvgIpc) is 3.26. The molecule has 2 aliphatic rings. The van der Waals surface area contributed by atoms with Crippen molar-refractivity contribution < 1.29 is 4.74 Å². The van der Waals surface area contributed by atoms with Crippen LogP contribution < -0.4 is 4.90 Å². The summed E-state index contributed by atoms with van der Waals surface area (Å²) < 4.78 is 8.17. The third-order valence-corrected chi connectivity index (χ3v) is 5.22. The van der Waals surface area contributed by atoms with Gasteiger partial charge in [-0.2, -0.15) is 0 Å². The standard InChI is InChI=1S/C18H23ClN4O/c19-16-9-2-1-8-15(16)17-20-21-18(22-10-4-5-11-22)23(17)13-14-7-3-6-12-24-14/h1-2,8-9,14H,3-7,10-13H2. The largest absolute Gasteiger partial charge is 0.376 e. The van der Waals surface area contributed by atoms with E-state index in [1.54, 1.807) is 0 Å². The number of anilines is 1. The van der Waals surface area contributed by atoms with E-state index in [2.05, 4.69) is 19.7 Å². The van der Waals surface area contributed by atoms with E-state index < -0.39 is 0 Å². The van der Waals surface area contributed by atoms with Gasteiger partial charge < -0.3 is 9.64 Å². The molecule has 128 valence electrons. The fourth-order valence-electron chi connectivity index (χ4n) is 3.61. The summed E-state index contributed by atoms with van der Waals surface area (Å²) in [5.41, 5.74) is 0.938. The van der Waals surface area contributed by atoms with Gasteiger partial charge in [0.25, 0.3) is 0 Å².